The van der Waals surface area contributed by atoms with Crippen LogP contribution < -0.4 is 5.73 Å². The van der Waals surface area contributed by atoms with E-state index in [4.69, 9.17) is 5.73 Å². The summed E-state index contributed by atoms with van der Waals surface area (Å²) in [7, 11) is 0. The number of benzene rings is 1. The summed E-state index contributed by atoms with van der Waals surface area (Å²) in [6, 6.07) is 5.53. The maximum atomic E-state index is 11.7. The number of hydrogen-bond donors (Lipinski definition) is 3. The van der Waals surface area contributed by atoms with Gasteiger partial charge in [-0.05, 0) is 24.5 Å². The molecule has 0 fully saturated rings. The predicted octanol–water partition coefficient (Wildman–Crippen LogP) is 0.502. The molecule has 7 heteroatoms. The molecule has 0 aliphatic carbocycles. The van der Waals surface area contributed by atoms with Crippen molar-refractivity contribution in [2.45, 2.75) is 32.2 Å². The van der Waals surface area contributed by atoms with E-state index in [1.165, 1.54) is 17.9 Å². The highest BCUT2D eigenvalue weighted by atomic mass is 16.4. The zero-order valence-electron chi connectivity index (χ0n) is 12.4. The maximum absolute atomic E-state index is 11.7. The third kappa shape index (κ3) is 5.08. The molecule has 1 aromatic carbocycles. The van der Waals surface area contributed by atoms with Crippen molar-refractivity contribution < 1.29 is 24.6 Å². The molecule has 0 radical (unpaired) electrons. The van der Waals surface area contributed by atoms with Crippen LogP contribution in [0, 0.1) is 0 Å². The Labute approximate surface area is 128 Å². The van der Waals surface area contributed by atoms with E-state index >= 15 is 0 Å². The van der Waals surface area contributed by atoms with Gasteiger partial charge in [0.05, 0.1) is 0 Å². The fourth-order valence-electron chi connectivity index (χ4n) is 2.19. The Morgan fingerprint density at radius 2 is 1.91 bits per heavy atom. The standard InChI is InChI=1S/C15H20N2O5/c1-10(18)17(12(15(21)22)6-7-14(16)20)9-8-11-4-2-3-5-13(11)19/h2-5,12,19H,6-9H2,1H3,(H2,16,20)(H,21,22)/t12-/m0/s1. The Kier molecular flexibility index (Phi) is 6.37. The number of nitrogens with zero attached hydrogens (tertiary/aromatic N) is 1. The van der Waals surface area contributed by atoms with Gasteiger partial charge in [0.25, 0.3) is 0 Å². The number of hydrogen-bond acceptors (Lipinski definition) is 4. The zero-order valence-corrected chi connectivity index (χ0v) is 12.4. The minimum atomic E-state index is -1.19. The molecule has 0 saturated carbocycles. The molecule has 1 aromatic rings. The molecule has 0 heterocycles. The first-order chi connectivity index (χ1) is 10.3. The van der Waals surface area contributed by atoms with Gasteiger partial charge in [-0.15, -0.1) is 0 Å². The molecular weight excluding hydrogens is 288 g/mol. The number of aliphatic carboxylic acids is 1. The van der Waals surface area contributed by atoms with Gasteiger partial charge in [-0.1, -0.05) is 18.2 Å². The van der Waals surface area contributed by atoms with Gasteiger partial charge in [0.2, 0.25) is 11.8 Å². The molecule has 0 aliphatic rings. The van der Waals surface area contributed by atoms with Crippen molar-refractivity contribution in [3.63, 3.8) is 0 Å². The zero-order chi connectivity index (χ0) is 16.7. The van der Waals surface area contributed by atoms with Gasteiger partial charge in [-0.25, -0.2) is 4.79 Å². The van der Waals surface area contributed by atoms with Gasteiger partial charge in [-0.3, -0.25) is 9.59 Å². The smallest absolute Gasteiger partial charge is 0.326 e. The van der Waals surface area contributed by atoms with E-state index in [9.17, 15) is 24.6 Å². The van der Waals surface area contributed by atoms with Crippen LogP contribution in [0.1, 0.15) is 25.3 Å². The summed E-state index contributed by atoms with van der Waals surface area (Å²) in [5.74, 6) is -2.12. The lowest BCUT2D eigenvalue weighted by Crippen LogP contribution is -2.45. The number of phenolic OH excluding ortho intramolecular Hbond substituents is 1. The summed E-state index contributed by atoms with van der Waals surface area (Å²) in [4.78, 5) is 35.1. The first-order valence-electron chi connectivity index (χ1n) is 6.88. The number of phenols is 1. The van der Waals surface area contributed by atoms with Crippen molar-refractivity contribution in [2.75, 3.05) is 6.54 Å². The van der Waals surface area contributed by atoms with Crippen LogP contribution in [0.4, 0.5) is 0 Å². The quantitative estimate of drug-likeness (QED) is 0.646. The number of carboxylic acids is 1. The first kappa shape index (κ1) is 17.5. The van der Waals surface area contributed by atoms with Gasteiger partial charge in [0.1, 0.15) is 11.8 Å². The second-order valence-electron chi connectivity index (χ2n) is 4.95. The molecule has 1 rings (SSSR count). The normalized spacial score (nSPS) is 11.7. The Hall–Kier alpha value is -2.57. The SMILES string of the molecule is CC(=O)N(CCc1ccccc1O)[C@@H](CCC(N)=O)C(=O)O. The van der Waals surface area contributed by atoms with Crippen molar-refractivity contribution in [3.8, 4) is 5.75 Å². The molecule has 0 bridgehead atoms. The molecule has 0 aromatic heterocycles. The summed E-state index contributed by atoms with van der Waals surface area (Å²) in [5, 5.41) is 19.0. The van der Waals surface area contributed by atoms with Crippen LogP contribution in [-0.4, -0.2) is 45.5 Å². The summed E-state index contributed by atoms with van der Waals surface area (Å²) in [5.41, 5.74) is 5.65. The van der Waals surface area contributed by atoms with Crippen LogP contribution in [-0.2, 0) is 20.8 Å². The van der Waals surface area contributed by atoms with Crippen LogP contribution in [0.3, 0.4) is 0 Å². The number of para-hydroxylation sites is 1. The third-order valence-corrected chi connectivity index (χ3v) is 3.34. The highest BCUT2D eigenvalue weighted by Crippen LogP contribution is 2.18. The number of carbonyl (C=O) groups excluding carboxylic acids is 2. The molecule has 0 saturated heterocycles. The molecule has 1 atom stereocenters. The van der Waals surface area contributed by atoms with E-state index in [0.29, 0.717) is 12.0 Å². The van der Waals surface area contributed by atoms with Crippen LogP contribution in [0.15, 0.2) is 24.3 Å². The summed E-state index contributed by atoms with van der Waals surface area (Å²) >= 11 is 0. The third-order valence-electron chi connectivity index (χ3n) is 3.34. The molecule has 0 unspecified atom stereocenters. The summed E-state index contributed by atoms with van der Waals surface area (Å²) in [6.07, 6.45) is 0.162. The lowest BCUT2D eigenvalue weighted by molar-refractivity contribution is -0.150. The first-order valence-corrected chi connectivity index (χ1v) is 6.88. The van der Waals surface area contributed by atoms with Crippen LogP contribution in [0.2, 0.25) is 0 Å². The van der Waals surface area contributed by atoms with Gasteiger partial charge >= 0.3 is 5.97 Å². The number of primary amides is 1. The molecule has 22 heavy (non-hydrogen) atoms. The fourth-order valence-corrected chi connectivity index (χ4v) is 2.19. The average molecular weight is 308 g/mol. The van der Waals surface area contributed by atoms with Crippen molar-refractivity contribution in [2.24, 2.45) is 5.73 Å². The lowest BCUT2D eigenvalue weighted by atomic mass is 10.1. The van der Waals surface area contributed by atoms with E-state index in [1.54, 1.807) is 18.2 Å². The maximum Gasteiger partial charge on any atom is 0.326 e. The van der Waals surface area contributed by atoms with Gasteiger partial charge < -0.3 is 20.8 Å². The van der Waals surface area contributed by atoms with Crippen molar-refractivity contribution in [1.29, 1.82) is 0 Å². The Morgan fingerprint density at radius 1 is 1.27 bits per heavy atom. The van der Waals surface area contributed by atoms with Crippen molar-refractivity contribution in [3.05, 3.63) is 29.8 Å². The molecule has 120 valence electrons. The topological polar surface area (TPSA) is 121 Å². The predicted molar refractivity (Wildman–Crippen MR) is 79.1 cm³/mol. The molecule has 0 spiro atoms. The number of carboxylic acid groups (broad SMARTS) is 1. The highest BCUT2D eigenvalue weighted by molar-refractivity contribution is 5.83. The molecular formula is C15H20N2O5. The van der Waals surface area contributed by atoms with Crippen LogP contribution >= 0.6 is 0 Å². The Bertz CT molecular complexity index is 559. The van der Waals surface area contributed by atoms with Gasteiger partial charge in [0.15, 0.2) is 0 Å². The number of carbonyl (C=O) groups is 3. The number of aromatic hydroxyl groups is 1. The van der Waals surface area contributed by atoms with E-state index < -0.39 is 23.8 Å². The van der Waals surface area contributed by atoms with E-state index in [2.05, 4.69) is 0 Å². The second-order valence-corrected chi connectivity index (χ2v) is 4.95. The lowest BCUT2D eigenvalue weighted by Gasteiger charge is -2.28. The highest BCUT2D eigenvalue weighted by Gasteiger charge is 2.27. The largest absolute Gasteiger partial charge is 0.508 e. The Morgan fingerprint density at radius 3 is 2.41 bits per heavy atom. The van der Waals surface area contributed by atoms with Gasteiger partial charge in [-0.2, -0.15) is 0 Å². The number of amides is 2. The molecule has 2 amide bonds. The monoisotopic (exact) mass is 308 g/mol. The minimum Gasteiger partial charge on any atom is -0.508 e. The van der Waals surface area contributed by atoms with Gasteiger partial charge in [0, 0.05) is 19.9 Å². The van der Waals surface area contributed by atoms with Crippen LogP contribution in [0.5, 0.6) is 5.75 Å². The second kappa shape index (κ2) is 8.02. The Balaban J connectivity index is 2.82. The van der Waals surface area contributed by atoms with Crippen molar-refractivity contribution >= 4 is 17.8 Å². The van der Waals surface area contributed by atoms with E-state index in [1.807, 2.05) is 0 Å². The molecule has 4 N–H and O–H groups in total. The minimum absolute atomic E-state index is 0.0367. The molecule has 0 aliphatic heterocycles. The van der Waals surface area contributed by atoms with E-state index in [0.717, 1.165) is 0 Å². The fraction of sp³-hybridized carbons (Fsp3) is 0.400. The van der Waals surface area contributed by atoms with Crippen LogP contribution in [0.25, 0.3) is 0 Å². The number of rotatable bonds is 8. The molecule has 7 nitrogen and oxygen atoms in total. The average Bonchev–Trinajstić information content (AvgIpc) is 2.42. The summed E-state index contributed by atoms with van der Waals surface area (Å²) in [6.45, 7) is 1.40. The summed E-state index contributed by atoms with van der Waals surface area (Å²) < 4.78 is 0. The van der Waals surface area contributed by atoms with Crippen molar-refractivity contribution in [1.82, 2.24) is 4.90 Å². The number of nitrogens with two attached hydrogens (primary N) is 1. The van der Waals surface area contributed by atoms with E-state index in [-0.39, 0.29) is 25.1 Å².